The van der Waals surface area contributed by atoms with Crippen molar-refractivity contribution < 1.29 is 23.5 Å². The lowest BCUT2D eigenvalue weighted by atomic mass is 10.1. The summed E-state index contributed by atoms with van der Waals surface area (Å²) in [6.07, 6.45) is 6.06. The standard InChI is InChI=1S/C17H19N3O5/c1-2-23-17(22)16(21)20-8-4-6-14(20)15-13(19-11-25-15)10-24-12-5-3-7-18-9-12/h3,5,7,9,11,14H,2,4,6,8,10H2,1H3/t14-/m0/s1. The molecular formula is C17H19N3O5. The quantitative estimate of drug-likeness (QED) is 0.603. The minimum atomic E-state index is -0.845. The molecule has 3 rings (SSSR count). The molecule has 0 radical (unpaired) electrons. The summed E-state index contributed by atoms with van der Waals surface area (Å²) >= 11 is 0. The first-order chi connectivity index (χ1) is 12.2. The Kier molecular flexibility index (Phi) is 5.27. The van der Waals surface area contributed by atoms with Crippen molar-refractivity contribution in [2.45, 2.75) is 32.4 Å². The highest BCUT2D eigenvalue weighted by atomic mass is 16.5. The number of hydrogen-bond donors (Lipinski definition) is 0. The van der Waals surface area contributed by atoms with Gasteiger partial charge in [-0.3, -0.25) is 9.78 Å². The predicted octanol–water partition coefficient (Wildman–Crippen LogP) is 1.88. The van der Waals surface area contributed by atoms with Gasteiger partial charge in [-0.2, -0.15) is 0 Å². The van der Waals surface area contributed by atoms with Crippen LogP contribution in [0.4, 0.5) is 0 Å². The van der Waals surface area contributed by atoms with Gasteiger partial charge in [-0.15, -0.1) is 0 Å². The maximum Gasteiger partial charge on any atom is 0.397 e. The lowest BCUT2D eigenvalue weighted by Crippen LogP contribution is -2.37. The van der Waals surface area contributed by atoms with Crippen LogP contribution < -0.4 is 4.74 Å². The van der Waals surface area contributed by atoms with Crippen molar-refractivity contribution in [2.24, 2.45) is 0 Å². The molecule has 1 amide bonds. The minimum absolute atomic E-state index is 0.162. The van der Waals surface area contributed by atoms with Gasteiger partial charge in [-0.25, -0.2) is 9.78 Å². The van der Waals surface area contributed by atoms with Crippen LogP contribution in [0.1, 0.15) is 37.3 Å². The Balaban J connectivity index is 1.72. The van der Waals surface area contributed by atoms with Crippen molar-refractivity contribution in [1.82, 2.24) is 14.9 Å². The van der Waals surface area contributed by atoms with E-state index in [-0.39, 0.29) is 19.3 Å². The SMILES string of the molecule is CCOC(=O)C(=O)N1CCC[C@H]1c1ocnc1COc1cccnc1. The Morgan fingerprint density at radius 3 is 3.08 bits per heavy atom. The maximum atomic E-state index is 12.3. The second kappa shape index (κ2) is 7.78. The fraction of sp³-hybridized carbons (Fsp3) is 0.412. The van der Waals surface area contributed by atoms with Gasteiger partial charge in [0, 0.05) is 12.7 Å². The third-order valence-electron chi connectivity index (χ3n) is 3.95. The fourth-order valence-corrected chi connectivity index (χ4v) is 2.83. The van der Waals surface area contributed by atoms with E-state index in [1.807, 2.05) is 0 Å². The van der Waals surface area contributed by atoms with E-state index in [0.29, 0.717) is 30.2 Å². The summed E-state index contributed by atoms with van der Waals surface area (Å²) < 4.78 is 16.0. The molecule has 1 aliphatic rings. The van der Waals surface area contributed by atoms with E-state index in [1.165, 1.54) is 11.3 Å². The van der Waals surface area contributed by atoms with Gasteiger partial charge in [-0.05, 0) is 31.9 Å². The molecule has 0 N–H and O–H groups in total. The normalized spacial score (nSPS) is 16.7. The second-order valence-electron chi connectivity index (χ2n) is 5.52. The highest BCUT2D eigenvalue weighted by Gasteiger charge is 2.37. The lowest BCUT2D eigenvalue weighted by Gasteiger charge is -2.22. The van der Waals surface area contributed by atoms with Crippen LogP contribution in [0.15, 0.2) is 35.3 Å². The Hall–Kier alpha value is -2.90. The van der Waals surface area contributed by atoms with Crippen molar-refractivity contribution in [1.29, 1.82) is 0 Å². The molecule has 8 nitrogen and oxygen atoms in total. The van der Waals surface area contributed by atoms with Crippen LogP contribution in [-0.4, -0.2) is 39.9 Å². The highest BCUT2D eigenvalue weighted by molar-refractivity contribution is 6.32. The van der Waals surface area contributed by atoms with E-state index in [0.717, 1.165) is 6.42 Å². The van der Waals surface area contributed by atoms with E-state index in [9.17, 15) is 9.59 Å². The maximum absolute atomic E-state index is 12.3. The predicted molar refractivity (Wildman–Crippen MR) is 85.4 cm³/mol. The molecule has 0 spiro atoms. The zero-order valence-corrected chi connectivity index (χ0v) is 13.9. The van der Waals surface area contributed by atoms with Crippen LogP contribution in [0.5, 0.6) is 5.75 Å². The number of rotatable bonds is 5. The van der Waals surface area contributed by atoms with E-state index >= 15 is 0 Å². The molecule has 1 atom stereocenters. The molecule has 2 aromatic rings. The summed E-state index contributed by atoms with van der Waals surface area (Å²) in [6, 6.07) is 3.22. The minimum Gasteiger partial charge on any atom is -0.486 e. The Morgan fingerprint density at radius 2 is 2.32 bits per heavy atom. The highest BCUT2D eigenvalue weighted by Crippen LogP contribution is 2.34. The largest absolute Gasteiger partial charge is 0.486 e. The van der Waals surface area contributed by atoms with Gasteiger partial charge >= 0.3 is 11.9 Å². The van der Waals surface area contributed by atoms with Crippen molar-refractivity contribution in [3.63, 3.8) is 0 Å². The molecule has 0 bridgehead atoms. The number of aromatic nitrogens is 2. The zero-order chi connectivity index (χ0) is 17.6. The molecule has 2 aromatic heterocycles. The monoisotopic (exact) mass is 345 g/mol. The third kappa shape index (κ3) is 3.78. The average molecular weight is 345 g/mol. The fourth-order valence-electron chi connectivity index (χ4n) is 2.83. The average Bonchev–Trinajstić information content (AvgIpc) is 3.29. The molecule has 0 saturated carbocycles. The summed E-state index contributed by atoms with van der Waals surface area (Å²) in [5, 5.41) is 0. The molecule has 1 saturated heterocycles. The topological polar surface area (TPSA) is 94.8 Å². The molecule has 8 heteroatoms. The molecule has 132 valence electrons. The molecule has 1 aliphatic heterocycles. The molecule has 0 unspecified atom stereocenters. The summed E-state index contributed by atoms with van der Waals surface area (Å²) in [4.78, 5) is 33.7. The molecular weight excluding hydrogens is 326 g/mol. The van der Waals surface area contributed by atoms with E-state index < -0.39 is 11.9 Å². The number of likely N-dealkylation sites (tertiary alicyclic amines) is 1. The van der Waals surface area contributed by atoms with Crippen molar-refractivity contribution >= 4 is 11.9 Å². The number of carbonyl (C=O) groups is 2. The van der Waals surface area contributed by atoms with Gasteiger partial charge in [0.15, 0.2) is 12.2 Å². The number of ether oxygens (including phenoxy) is 2. The molecule has 25 heavy (non-hydrogen) atoms. The van der Waals surface area contributed by atoms with Gasteiger partial charge in [0.05, 0.1) is 18.8 Å². The Morgan fingerprint density at radius 1 is 1.44 bits per heavy atom. The number of carbonyl (C=O) groups excluding carboxylic acids is 2. The van der Waals surface area contributed by atoms with Crippen LogP contribution in [0.3, 0.4) is 0 Å². The van der Waals surface area contributed by atoms with Crippen LogP contribution in [0.2, 0.25) is 0 Å². The van der Waals surface area contributed by atoms with E-state index in [4.69, 9.17) is 13.9 Å². The second-order valence-corrected chi connectivity index (χ2v) is 5.52. The Labute approximate surface area is 144 Å². The van der Waals surface area contributed by atoms with Crippen LogP contribution in [0, 0.1) is 0 Å². The zero-order valence-electron chi connectivity index (χ0n) is 13.9. The number of nitrogens with zero attached hydrogens (tertiary/aromatic N) is 3. The molecule has 0 aliphatic carbocycles. The Bertz CT molecular complexity index is 731. The lowest BCUT2D eigenvalue weighted by molar-refractivity contribution is -0.160. The summed E-state index contributed by atoms with van der Waals surface area (Å²) in [5.74, 6) is -0.344. The third-order valence-corrected chi connectivity index (χ3v) is 3.95. The summed E-state index contributed by atoms with van der Waals surface area (Å²) in [5.41, 5.74) is 0.595. The number of esters is 1. The van der Waals surface area contributed by atoms with Crippen molar-refractivity contribution in [2.75, 3.05) is 13.2 Å². The van der Waals surface area contributed by atoms with Gasteiger partial charge in [-0.1, -0.05) is 0 Å². The van der Waals surface area contributed by atoms with Gasteiger partial charge < -0.3 is 18.8 Å². The first kappa shape index (κ1) is 16.9. The molecule has 1 fully saturated rings. The van der Waals surface area contributed by atoms with Crippen LogP contribution in [-0.2, 0) is 20.9 Å². The number of oxazole rings is 1. The van der Waals surface area contributed by atoms with Gasteiger partial charge in [0.1, 0.15) is 18.1 Å². The van der Waals surface area contributed by atoms with Crippen molar-refractivity contribution in [3.05, 3.63) is 42.4 Å². The number of pyridine rings is 1. The van der Waals surface area contributed by atoms with Crippen LogP contribution >= 0.6 is 0 Å². The smallest absolute Gasteiger partial charge is 0.397 e. The number of hydrogen-bond acceptors (Lipinski definition) is 7. The van der Waals surface area contributed by atoms with Gasteiger partial charge in [0.25, 0.3) is 0 Å². The first-order valence-corrected chi connectivity index (χ1v) is 8.13. The van der Waals surface area contributed by atoms with Crippen LogP contribution in [0.25, 0.3) is 0 Å². The van der Waals surface area contributed by atoms with Crippen molar-refractivity contribution in [3.8, 4) is 5.75 Å². The summed E-state index contributed by atoms with van der Waals surface area (Å²) in [6.45, 7) is 2.49. The summed E-state index contributed by atoms with van der Waals surface area (Å²) in [7, 11) is 0. The van der Waals surface area contributed by atoms with E-state index in [1.54, 1.807) is 31.5 Å². The van der Waals surface area contributed by atoms with E-state index in [2.05, 4.69) is 9.97 Å². The first-order valence-electron chi connectivity index (χ1n) is 8.13. The molecule has 0 aromatic carbocycles. The number of amides is 1. The molecule has 3 heterocycles. The van der Waals surface area contributed by atoms with Gasteiger partial charge in [0.2, 0.25) is 0 Å².